The lowest BCUT2D eigenvalue weighted by Crippen LogP contribution is -2.48. The van der Waals surface area contributed by atoms with Crippen LogP contribution in [-0.4, -0.2) is 45.0 Å². The molecule has 1 aliphatic rings. The number of carbonyl (C=O) groups is 1. The Kier molecular flexibility index (Phi) is 4.28. The first kappa shape index (κ1) is 16.5. The SMILES string of the molecule is Cc1nnc(N2CCCC(NC(=O)c3ccn(C)n3)C2)c2ccccc12. The van der Waals surface area contributed by atoms with Crippen molar-refractivity contribution in [2.75, 3.05) is 18.0 Å². The summed E-state index contributed by atoms with van der Waals surface area (Å²) in [6.07, 6.45) is 3.72. The molecule has 1 amide bonds. The van der Waals surface area contributed by atoms with Crippen molar-refractivity contribution in [1.29, 1.82) is 0 Å². The molecule has 1 aliphatic heterocycles. The Morgan fingerprint density at radius 1 is 1.19 bits per heavy atom. The second-order valence-electron chi connectivity index (χ2n) is 6.79. The van der Waals surface area contributed by atoms with Crippen LogP contribution in [0, 0.1) is 6.92 Å². The predicted octanol–water partition coefficient (Wildman–Crippen LogP) is 2.07. The first-order valence-electron chi connectivity index (χ1n) is 8.89. The van der Waals surface area contributed by atoms with E-state index in [2.05, 4.69) is 37.6 Å². The van der Waals surface area contributed by atoms with Crippen LogP contribution in [0.4, 0.5) is 5.82 Å². The molecule has 0 spiro atoms. The standard InChI is InChI=1S/C19H22N6O/c1-13-15-7-3-4-8-16(15)18(22-21-13)25-10-5-6-14(12-25)20-19(26)17-9-11-24(2)23-17/h3-4,7-9,11,14H,5-6,10,12H2,1-2H3,(H,20,26). The number of nitrogens with zero attached hydrogens (tertiary/aromatic N) is 5. The third-order valence-electron chi connectivity index (χ3n) is 4.85. The highest BCUT2D eigenvalue weighted by atomic mass is 16.2. The molecule has 0 saturated carbocycles. The topological polar surface area (TPSA) is 75.9 Å². The smallest absolute Gasteiger partial charge is 0.272 e. The highest BCUT2D eigenvalue weighted by Crippen LogP contribution is 2.27. The van der Waals surface area contributed by atoms with E-state index in [4.69, 9.17) is 0 Å². The normalized spacial score (nSPS) is 17.5. The molecule has 1 unspecified atom stereocenters. The molecule has 0 aliphatic carbocycles. The van der Waals surface area contributed by atoms with Gasteiger partial charge in [0.2, 0.25) is 0 Å². The van der Waals surface area contributed by atoms with E-state index in [0.717, 1.165) is 48.2 Å². The number of rotatable bonds is 3. The van der Waals surface area contributed by atoms with E-state index in [9.17, 15) is 4.79 Å². The number of benzene rings is 1. The van der Waals surface area contributed by atoms with Gasteiger partial charge in [0, 0.05) is 43.1 Å². The number of piperidine rings is 1. The van der Waals surface area contributed by atoms with Crippen LogP contribution in [-0.2, 0) is 7.05 Å². The summed E-state index contributed by atoms with van der Waals surface area (Å²) in [7, 11) is 1.81. The first-order chi connectivity index (χ1) is 12.6. The van der Waals surface area contributed by atoms with Crippen LogP contribution in [0.15, 0.2) is 36.5 Å². The molecule has 26 heavy (non-hydrogen) atoms. The van der Waals surface area contributed by atoms with E-state index in [0.29, 0.717) is 5.69 Å². The Balaban J connectivity index is 1.54. The zero-order valence-electron chi connectivity index (χ0n) is 15.0. The number of fused-ring (bicyclic) bond motifs is 1. The number of anilines is 1. The molecule has 3 heterocycles. The van der Waals surface area contributed by atoms with E-state index in [-0.39, 0.29) is 11.9 Å². The minimum atomic E-state index is -0.128. The van der Waals surface area contributed by atoms with E-state index in [1.54, 1.807) is 24.0 Å². The number of nitrogens with one attached hydrogen (secondary N) is 1. The number of aryl methyl sites for hydroxylation is 2. The van der Waals surface area contributed by atoms with Gasteiger partial charge in [-0.2, -0.15) is 10.2 Å². The molecule has 1 saturated heterocycles. The molecule has 1 N–H and O–H groups in total. The molecule has 2 aromatic heterocycles. The van der Waals surface area contributed by atoms with Gasteiger partial charge in [0.05, 0.1) is 5.69 Å². The third-order valence-corrected chi connectivity index (χ3v) is 4.85. The molecular formula is C19H22N6O. The second kappa shape index (κ2) is 6.74. The third kappa shape index (κ3) is 3.12. The largest absolute Gasteiger partial charge is 0.353 e. The average Bonchev–Trinajstić information content (AvgIpc) is 3.09. The van der Waals surface area contributed by atoms with Crippen LogP contribution < -0.4 is 10.2 Å². The first-order valence-corrected chi connectivity index (χ1v) is 8.89. The van der Waals surface area contributed by atoms with Gasteiger partial charge in [-0.3, -0.25) is 9.48 Å². The van der Waals surface area contributed by atoms with E-state index in [1.165, 1.54) is 0 Å². The Bertz CT molecular complexity index is 950. The van der Waals surface area contributed by atoms with Crippen molar-refractivity contribution >= 4 is 22.5 Å². The molecule has 134 valence electrons. The minimum Gasteiger partial charge on any atom is -0.353 e. The van der Waals surface area contributed by atoms with Crippen molar-refractivity contribution < 1.29 is 4.79 Å². The van der Waals surface area contributed by atoms with Crippen LogP contribution >= 0.6 is 0 Å². The van der Waals surface area contributed by atoms with Crippen molar-refractivity contribution in [3.05, 3.63) is 47.9 Å². The van der Waals surface area contributed by atoms with Crippen LogP contribution in [0.5, 0.6) is 0 Å². The molecular weight excluding hydrogens is 328 g/mol. The molecule has 1 atom stereocenters. The molecule has 3 aromatic rings. The van der Waals surface area contributed by atoms with E-state index in [1.807, 2.05) is 19.1 Å². The molecule has 4 rings (SSSR count). The molecule has 1 aromatic carbocycles. The van der Waals surface area contributed by atoms with E-state index < -0.39 is 0 Å². The summed E-state index contributed by atoms with van der Waals surface area (Å²) in [6, 6.07) is 10.0. The van der Waals surface area contributed by atoms with Gasteiger partial charge in [-0.25, -0.2) is 0 Å². The number of hydrogen-bond acceptors (Lipinski definition) is 5. The lowest BCUT2D eigenvalue weighted by Gasteiger charge is -2.34. The maximum absolute atomic E-state index is 12.4. The monoisotopic (exact) mass is 350 g/mol. The van der Waals surface area contributed by atoms with Gasteiger partial charge in [-0.05, 0) is 25.8 Å². The van der Waals surface area contributed by atoms with Gasteiger partial charge < -0.3 is 10.2 Å². The van der Waals surface area contributed by atoms with Gasteiger partial charge >= 0.3 is 0 Å². The zero-order chi connectivity index (χ0) is 18.1. The molecule has 7 heteroatoms. The fraction of sp³-hybridized carbons (Fsp3) is 0.368. The quantitative estimate of drug-likeness (QED) is 0.783. The van der Waals surface area contributed by atoms with Crippen LogP contribution in [0.25, 0.3) is 10.8 Å². The number of carbonyl (C=O) groups excluding carboxylic acids is 1. The van der Waals surface area contributed by atoms with Crippen molar-refractivity contribution in [2.24, 2.45) is 7.05 Å². The van der Waals surface area contributed by atoms with Gasteiger partial charge in [0.25, 0.3) is 5.91 Å². The van der Waals surface area contributed by atoms with Gasteiger partial charge in [-0.15, -0.1) is 5.10 Å². The maximum Gasteiger partial charge on any atom is 0.272 e. The summed E-state index contributed by atoms with van der Waals surface area (Å²) >= 11 is 0. The zero-order valence-corrected chi connectivity index (χ0v) is 15.0. The average molecular weight is 350 g/mol. The molecule has 0 bridgehead atoms. The Hall–Kier alpha value is -2.96. The fourth-order valence-electron chi connectivity index (χ4n) is 3.54. The van der Waals surface area contributed by atoms with Crippen LogP contribution in [0.3, 0.4) is 0 Å². The lowest BCUT2D eigenvalue weighted by molar-refractivity contribution is 0.0927. The minimum absolute atomic E-state index is 0.0696. The summed E-state index contributed by atoms with van der Waals surface area (Å²) in [5.41, 5.74) is 1.38. The van der Waals surface area contributed by atoms with Crippen molar-refractivity contribution in [1.82, 2.24) is 25.3 Å². The van der Waals surface area contributed by atoms with Gasteiger partial charge in [0.1, 0.15) is 5.69 Å². The summed E-state index contributed by atoms with van der Waals surface area (Å²) in [6.45, 7) is 3.61. The summed E-state index contributed by atoms with van der Waals surface area (Å²) in [4.78, 5) is 14.6. The molecule has 7 nitrogen and oxygen atoms in total. The summed E-state index contributed by atoms with van der Waals surface area (Å²) < 4.78 is 1.64. The fourth-order valence-corrected chi connectivity index (χ4v) is 3.54. The summed E-state index contributed by atoms with van der Waals surface area (Å²) in [5.74, 6) is 0.764. The second-order valence-corrected chi connectivity index (χ2v) is 6.79. The Morgan fingerprint density at radius 3 is 2.77 bits per heavy atom. The van der Waals surface area contributed by atoms with Gasteiger partial charge in [0.15, 0.2) is 5.82 Å². The highest BCUT2D eigenvalue weighted by molar-refractivity contribution is 5.94. The van der Waals surface area contributed by atoms with Gasteiger partial charge in [-0.1, -0.05) is 24.3 Å². The lowest BCUT2D eigenvalue weighted by atomic mass is 10.0. The van der Waals surface area contributed by atoms with Crippen molar-refractivity contribution in [2.45, 2.75) is 25.8 Å². The summed E-state index contributed by atoms with van der Waals surface area (Å²) in [5, 5.41) is 18.3. The Labute approximate surface area is 152 Å². The maximum atomic E-state index is 12.4. The molecule has 1 fully saturated rings. The van der Waals surface area contributed by atoms with Crippen molar-refractivity contribution in [3.63, 3.8) is 0 Å². The number of aromatic nitrogens is 4. The van der Waals surface area contributed by atoms with Crippen molar-refractivity contribution in [3.8, 4) is 0 Å². The number of amides is 1. The molecule has 0 radical (unpaired) electrons. The highest BCUT2D eigenvalue weighted by Gasteiger charge is 2.25. The van der Waals surface area contributed by atoms with Crippen LogP contribution in [0.1, 0.15) is 29.0 Å². The number of hydrogen-bond donors (Lipinski definition) is 1. The van der Waals surface area contributed by atoms with E-state index >= 15 is 0 Å². The Morgan fingerprint density at radius 2 is 2.00 bits per heavy atom. The predicted molar refractivity (Wildman–Crippen MR) is 100 cm³/mol. The van der Waals surface area contributed by atoms with Crippen LogP contribution in [0.2, 0.25) is 0 Å².